The molecule has 2 unspecified atom stereocenters. The lowest BCUT2D eigenvalue weighted by atomic mass is 10.1. The maximum Gasteiger partial charge on any atom is 0.247 e. The van der Waals surface area contributed by atoms with Gasteiger partial charge in [0.25, 0.3) is 0 Å². The van der Waals surface area contributed by atoms with Crippen molar-refractivity contribution in [2.45, 2.75) is 13.0 Å². The fourth-order valence-corrected chi connectivity index (χ4v) is 2.82. The third-order valence-electron chi connectivity index (χ3n) is 3.46. The van der Waals surface area contributed by atoms with Crippen LogP contribution >= 0.6 is 15.9 Å². The Morgan fingerprint density at radius 2 is 1.95 bits per heavy atom. The molecule has 104 valence electrons. The van der Waals surface area contributed by atoms with E-state index in [0.717, 1.165) is 23.2 Å². The van der Waals surface area contributed by atoms with Gasteiger partial charge in [0.15, 0.2) is 0 Å². The van der Waals surface area contributed by atoms with E-state index in [1.807, 2.05) is 29.2 Å². The standard InChI is InChI=1S/C14H19BrN2O2/c1-10-7-16(2)14(19)13(9-18)17(8-10)12-5-3-11(15)4-6-12/h3-6,10,13,18H,7-9H2,1-2H3. The molecule has 1 fully saturated rings. The van der Waals surface area contributed by atoms with Gasteiger partial charge in [-0.3, -0.25) is 4.79 Å². The Morgan fingerprint density at radius 3 is 2.53 bits per heavy atom. The lowest BCUT2D eigenvalue weighted by Crippen LogP contribution is -2.47. The van der Waals surface area contributed by atoms with Crippen LogP contribution in [0.5, 0.6) is 0 Å². The van der Waals surface area contributed by atoms with Gasteiger partial charge in [-0.1, -0.05) is 22.9 Å². The van der Waals surface area contributed by atoms with Crippen molar-refractivity contribution in [2.75, 3.05) is 31.6 Å². The molecule has 19 heavy (non-hydrogen) atoms. The largest absolute Gasteiger partial charge is 0.394 e. The average molecular weight is 327 g/mol. The summed E-state index contributed by atoms with van der Waals surface area (Å²) in [6, 6.07) is 7.35. The van der Waals surface area contributed by atoms with Crippen LogP contribution in [-0.2, 0) is 4.79 Å². The monoisotopic (exact) mass is 326 g/mol. The van der Waals surface area contributed by atoms with Crippen LogP contribution in [-0.4, -0.2) is 48.7 Å². The van der Waals surface area contributed by atoms with Gasteiger partial charge in [-0.15, -0.1) is 0 Å². The van der Waals surface area contributed by atoms with E-state index in [9.17, 15) is 9.90 Å². The molecule has 5 heteroatoms. The van der Waals surface area contributed by atoms with E-state index >= 15 is 0 Å². The SMILES string of the molecule is CC1CN(C)C(=O)C(CO)N(c2ccc(Br)cc2)C1. The molecule has 0 bridgehead atoms. The van der Waals surface area contributed by atoms with E-state index in [0.29, 0.717) is 5.92 Å². The molecule has 1 aliphatic rings. The summed E-state index contributed by atoms with van der Waals surface area (Å²) in [4.78, 5) is 16.0. The number of carbonyl (C=O) groups excluding carboxylic acids is 1. The second kappa shape index (κ2) is 5.92. The first-order chi connectivity index (χ1) is 9.02. The topological polar surface area (TPSA) is 43.8 Å². The first-order valence-corrected chi connectivity index (χ1v) is 7.20. The van der Waals surface area contributed by atoms with Crippen LogP contribution in [0.25, 0.3) is 0 Å². The van der Waals surface area contributed by atoms with Gasteiger partial charge < -0.3 is 14.9 Å². The number of aliphatic hydroxyl groups excluding tert-OH is 1. The van der Waals surface area contributed by atoms with Crippen molar-refractivity contribution in [3.05, 3.63) is 28.7 Å². The molecule has 2 rings (SSSR count). The van der Waals surface area contributed by atoms with Crippen LogP contribution < -0.4 is 4.90 Å². The first kappa shape index (κ1) is 14.3. The summed E-state index contributed by atoms with van der Waals surface area (Å²) in [6.07, 6.45) is 0. The molecule has 1 saturated heterocycles. The fourth-order valence-electron chi connectivity index (χ4n) is 2.56. The van der Waals surface area contributed by atoms with Crippen molar-refractivity contribution in [3.63, 3.8) is 0 Å². The Morgan fingerprint density at radius 1 is 1.32 bits per heavy atom. The van der Waals surface area contributed by atoms with Crippen molar-refractivity contribution < 1.29 is 9.90 Å². The molecule has 0 radical (unpaired) electrons. The summed E-state index contributed by atoms with van der Waals surface area (Å²) in [5, 5.41) is 9.58. The average Bonchev–Trinajstić information content (AvgIpc) is 2.48. The molecule has 2 atom stereocenters. The Kier molecular flexibility index (Phi) is 4.47. The molecule has 4 nitrogen and oxygen atoms in total. The summed E-state index contributed by atoms with van der Waals surface area (Å²) in [6.45, 7) is 3.45. The van der Waals surface area contributed by atoms with Gasteiger partial charge >= 0.3 is 0 Å². The predicted molar refractivity (Wildman–Crippen MR) is 79.2 cm³/mol. The third-order valence-corrected chi connectivity index (χ3v) is 3.99. The summed E-state index contributed by atoms with van der Waals surface area (Å²) >= 11 is 3.41. The number of nitrogens with zero attached hydrogens (tertiary/aromatic N) is 2. The quantitative estimate of drug-likeness (QED) is 0.900. The number of carbonyl (C=O) groups is 1. The smallest absolute Gasteiger partial charge is 0.247 e. The van der Waals surface area contributed by atoms with E-state index < -0.39 is 6.04 Å². The third kappa shape index (κ3) is 3.09. The van der Waals surface area contributed by atoms with Gasteiger partial charge in [0.2, 0.25) is 5.91 Å². The van der Waals surface area contributed by atoms with Crippen molar-refractivity contribution in [1.29, 1.82) is 0 Å². The number of benzene rings is 1. The highest BCUT2D eigenvalue weighted by Gasteiger charge is 2.33. The molecular formula is C14H19BrN2O2. The minimum atomic E-state index is -0.490. The van der Waals surface area contributed by atoms with Gasteiger partial charge in [0.05, 0.1) is 6.61 Å². The number of anilines is 1. The molecule has 0 aliphatic carbocycles. The Balaban J connectivity index is 2.34. The van der Waals surface area contributed by atoms with Crippen LogP contribution in [0.15, 0.2) is 28.7 Å². The number of likely N-dealkylation sites (N-methyl/N-ethyl adjacent to an activating group) is 1. The van der Waals surface area contributed by atoms with Gasteiger partial charge in [-0.2, -0.15) is 0 Å². The van der Waals surface area contributed by atoms with E-state index in [2.05, 4.69) is 22.9 Å². The molecular weight excluding hydrogens is 308 g/mol. The Hall–Kier alpha value is -1.07. The number of aliphatic hydroxyl groups is 1. The summed E-state index contributed by atoms with van der Waals surface area (Å²) in [5.41, 5.74) is 0.970. The summed E-state index contributed by atoms with van der Waals surface area (Å²) in [7, 11) is 1.80. The molecule has 1 heterocycles. The van der Waals surface area contributed by atoms with Crippen LogP contribution in [0, 0.1) is 5.92 Å². The molecule has 1 aromatic rings. The van der Waals surface area contributed by atoms with E-state index in [4.69, 9.17) is 0 Å². The predicted octanol–water partition coefficient (Wildman–Crippen LogP) is 1.72. The zero-order chi connectivity index (χ0) is 14.0. The highest BCUT2D eigenvalue weighted by molar-refractivity contribution is 9.10. The van der Waals surface area contributed by atoms with Gasteiger partial charge in [-0.25, -0.2) is 0 Å². The van der Waals surface area contributed by atoms with Crippen LogP contribution in [0.1, 0.15) is 6.92 Å². The number of hydrogen-bond acceptors (Lipinski definition) is 3. The van der Waals surface area contributed by atoms with Crippen molar-refractivity contribution in [3.8, 4) is 0 Å². The van der Waals surface area contributed by atoms with Crippen molar-refractivity contribution in [1.82, 2.24) is 4.90 Å². The summed E-state index contributed by atoms with van der Waals surface area (Å²) < 4.78 is 1.00. The molecule has 1 amide bonds. The Bertz CT molecular complexity index is 449. The van der Waals surface area contributed by atoms with Gasteiger partial charge in [-0.05, 0) is 30.2 Å². The maximum atomic E-state index is 12.3. The number of halogens is 1. The molecule has 1 aromatic carbocycles. The molecule has 1 N–H and O–H groups in total. The molecule has 1 aliphatic heterocycles. The van der Waals surface area contributed by atoms with E-state index in [-0.39, 0.29) is 12.5 Å². The second-order valence-corrected chi connectivity index (χ2v) is 6.07. The normalized spacial score (nSPS) is 24.5. The first-order valence-electron chi connectivity index (χ1n) is 6.41. The molecule has 0 aromatic heterocycles. The highest BCUT2D eigenvalue weighted by Crippen LogP contribution is 2.24. The van der Waals surface area contributed by atoms with Crippen molar-refractivity contribution >= 4 is 27.5 Å². The lowest BCUT2D eigenvalue weighted by Gasteiger charge is -2.31. The number of hydrogen-bond donors (Lipinski definition) is 1. The fraction of sp³-hybridized carbons (Fsp3) is 0.500. The molecule has 0 saturated carbocycles. The maximum absolute atomic E-state index is 12.3. The van der Waals surface area contributed by atoms with Gasteiger partial charge in [0, 0.05) is 30.3 Å². The number of rotatable bonds is 2. The van der Waals surface area contributed by atoms with Crippen LogP contribution in [0.3, 0.4) is 0 Å². The van der Waals surface area contributed by atoms with Gasteiger partial charge in [0.1, 0.15) is 6.04 Å². The van der Waals surface area contributed by atoms with Crippen molar-refractivity contribution in [2.24, 2.45) is 5.92 Å². The zero-order valence-electron chi connectivity index (χ0n) is 11.2. The number of amides is 1. The lowest BCUT2D eigenvalue weighted by molar-refractivity contribution is -0.131. The minimum Gasteiger partial charge on any atom is -0.394 e. The Labute approximate surface area is 122 Å². The van der Waals surface area contributed by atoms with Crippen LogP contribution in [0.2, 0.25) is 0 Å². The zero-order valence-corrected chi connectivity index (χ0v) is 12.8. The van der Waals surface area contributed by atoms with E-state index in [1.165, 1.54) is 0 Å². The summed E-state index contributed by atoms with van der Waals surface area (Å²) in [5.74, 6) is 0.351. The highest BCUT2D eigenvalue weighted by atomic mass is 79.9. The molecule has 0 spiro atoms. The second-order valence-electron chi connectivity index (χ2n) is 5.15. The van der Waals surface area contributed by atoms with E-state index in [1.54, 1.807) is 11.9 Å². The minimum absolute atomic E-state index is 0.0187. The van der Waals surface area contributed by atoms with Crippen LogP contribution in [0.4, 0.5) is 5.69 Å².